The van der Waals surface area contributed by atoms with Gasteiger partial charge in [0.1, 0.15) is 5.54 Å². The van der Waals surface area contributed by atoms with Crippen molar-refractivity contribution >= 4 is 17.6 Å². The maximum atomic E-state index is 13.2. The fourth-order valence-corrected chi connectivity index (χ4v) is 4.75. The second-order valence-corrected chi connectivity index (χ2v) is 7.22. The summed E-state index contributed by atoms with van der Waals surface area (Å²) in [6.45, 7) is 4.47. The van der Waals surface area contributed by atoms with Crippen molar-refractivity contribution in [3.05, 3.63) is 30.3 Å². The summed E-state index contributed by atoms with van der Waals surface area (Å²) in [5.74, 6) is 0.0618. The highest BCUT2D eigenvalue weighted by molar-refractivity contribution is 6.07. The summed E-state index contributed by atoms with van der Waals surface area (Å²) >= 11 is 0. The van der Waals surface area contributed by atoms with Crippen LogP contribution in [0.3, 0.4) is 0 Å². The smallest absolute Gasteiger partial charge is 0.327 e. The predicted octanol–water partition coefficient (Wildman–Crippen LogP) is 2.86. The lowest BCUT2D eigenvalue weighted by Crippen LogP contribution is -2.46. The van der Waals surface area contributed by atoms with E-state index in [0.717, 1.165) is 51.7 Å². The lowest BCUT2D eigenvalue weighted by atomic mass is 9.90. The van der Waals surface area contributed by atoms with Crippen molar-refractivity contribution in [3.8, 4) is 0 Å². The molecule has 0 bridgehead atoms. The fraction of sp³-hybridized carbons (Fsp3) is 0.579. The Kier molecular flexibility index (Phi) is 3.74. The zero-order valence-corrected chi connectivity index (χ0v) is 14.3. The minimum Gasteiger partial charge on any atom is -0.369 e. The number of benzene rings is 1. The predicted molar refractivity (Wildman–Crippen MR) is 92.9 cm³/mol. The number of hydrogen-bond donors (Lipinski definition) is 0. The van der Waals surface area contributed by atoms with E-state index in [4.69, 9.17) is 0 Å². The Balaban J connectivity index is 1.55. The average Bonchev–Trinajstić information content (AvgIpc) is 3.27. The van der Waals surface area contributed by atoms with Crippen molar-refractivity contribution in [2.45, 2.75) is 50.6 Å². The van der Waals surface area contributed by atoms with Gasteiger partial charge in [-0.15, -0.1) is 0 Å². The molecule has 1 aromatic carbocycles. The molecular weight excluding hydrogens is 302 g/mol. The SMILES string of the molecule is CCC[C@@]12CCCN1C(=O)N([C@@H]1CCN(c3ccccc3)C1)C2=O. The first-order chi connectivity index (χ1) is 11.7. The quantitative estimate of drug-likeness (QED) is 0.799. The Labute approximate surface area is 143 Å². The third-order valence-electron chi connectivity index (χ3n) is 5.86. The minimum atomic E-state index is -0.536. The number of rotatable bonds is 4. The summed E-state index contributed by atoms with van der Waals surface area (Å²) in [6, 6.07) is 10.2. The van der Waals surface area contributed by atoms with E-state index < -0.39 is 5.54 Å². The molecule has 3 amide bonds. The highest BCUT2D eigenvalue weighted by Gasteiger charge is 2.60. The molecule has 0 aromatic heterocycles. The topological polar surface area (TPSA) is 43.9 Å². The molecule has 0 spiro atoms. The molecule has 1 aromatic rings. The fourth-order valence-electron chi connectivity index (χ4n) is 4.75. The molecule has 3 fully saturated rings. The zero-order chi connectivity index (χ0) is 16.7. The first kappa shape index (κ1) is 15.5. The van der Waals surface area contributed by atoms with Gasteiger partial charge in [-0.3, -0.25) is 9.69 Å². The number of urea groups is 1. The van der Waals surface area contributed by atoms with Gasteiger partial charge in [-0.1, -0.05) is 31.5 Å². The van der Waals surface area contributed by atoms with Gasteiger partial charge < -0.3 is 9.80 Å². The van der Waals surface area contributed by atoms with Crippen LogP contribution in [0.1, 0.15) is 39.0 Å². The Morgan fingerprint density at radius 3 is 2.71 bits per heavy atom. The third-order valence-corrected chi connectivity index (χ3v) is 5.86. The molecule has 128 valence electrons. The van der Waals surface area contributed by atoms with Crippen molar-refractivity contribution in [2.24, 2.45) is 0 Å². The van der Waals surface area contributed by atoms with E-state index >= 15 is 0 Å². The largest absolute Gasteiger partial charge is 0.369 e. The van der Waals surface area contributed by atoms with E-state index in [-0.39, 0.29) is 18.0 Å². The lowest BCUT2D eigenvalue weighted by molar-refractivity contribution is -0.134. The number of fused-ring (bicyclic) bond motifs is 1. The molecule has 3 heterocycles. The molecule has 2 atom stereocenters. The van der Waals surface area contributed by atoms with Crippen LogP contribution in [0, 0.1) is 0 Å². The Hall–Kier alpha value is -2.04. The van der Waals surface area contributed by atoms with E-state index in [0.29, 0.717) is 0 Å². The molecule has 3 saturated heterocycles. The van der Waals surface area contributed by atoms with E-state index in [2.05, 4.69) is 24.0 Å². The monoisotopic (exact) mass is 327 g/mol. The van der Waals surface area contributed by atoms with Gasteiger partial charge in [0.15, 0.2) is 0 Å². The van der Waals surface area contributed by atoms with Crippen molar-refractivity contribution in [1.82, 2.24) is 9.80 Å². The number of para-hydroxylation sites is 1. The molecule has 3 aliphatic heterocycles. The summed E-state index contributed by atoms with van der Waals surface area (Å²) in [5.41, 5.74) is 0.634. The maximum absolute atomic E-state index is 13.2. The van der Waals surface area contributed by atoms with Gasteiger partial charge in [0.25, 0.3) is 5.91 Å². The Morgan fingerprint density at radius 2 is 1.96 bits per heavy atom. The molecule has 0 radical (unpaired) electrons. The normalized spacial score (nSPS) is 29.7. The summed E-state index contributed by atoms with van der Waals surface area (Å²) in [6.07, 6.45) is 4.37. The van der Waals surface area contributed by atoms with Crippen molar-refractivity contribution < 1.29 is 9.59 Å². The number of hydrogen-bond acceptors (Lipinski definition) is 3. The van der Waals surface area contributed by atoms with Crippen LogP contribution in [-0.2, 0) is 4.79 Å². The number of amides is 3. The number of carbonyl (C=O) groups excluding carboxylic acids is 2. The van der Waals surface area contributed by atoms with Crippen LogP contribution in [0.4, 0.5) is 10.5 Å². The second-order valence-electron chi connectivity index (χ2n) is 7.22. The van der Waals surface area contributed by atoms with Crippen LogP contribution in [0.15, 0.2) is 30.3 Å². The molecule has 0 unspecified atom stereocenters. The van der Waals surface area contributed by atoms with Crippen LogP contribution in [0.2, 0.25) is 0 Å². The van der Waals surface area contributed by atoms with Gasteiger partial charge in [-0.25, -0.2) is 4.79 Å². The van der Waals surface area contributed by atoms with Gasteiger partial charge in [0.05, 0.1) is 6.04 Å². The van der Waals surface area contributed by atoms with Crippen LogP contribution >= 0.6 is 0 Å². The van der Waals surface area contributed by atoms with Crippen molar-refractivity contribution in [2.75, 3.05) is 24.5 Å². The molecule has 5 heteroatoms. The lowest BCUT2D eigenvalue weighted by Gasteiger charge is -2.28. The van der Waals surface area contributed by atoms with E-state index in [1.807, 2.05) is 23.1 Å². The average molecular weight is 327 g/mol. The standard InChI is InChI=1S/C19H25N3O2/c1-2-10-19-11-6-12-21(19)18(24)22(17(19)23)16-9-13-20(14-16)15-7-4-3-5-8-15/h3-5,7-8,16H,2,6,9-14H2,1H3/t16-,19+/m1/s1. The highest BCUT2D eigenvalue weighted by Crippen LogP contribution is 2.42. The first-order valence-electron chi connectivity index (χ1n) is 9.12. The molecule has 24 heavy (non-hydrogen) atoms. The number of anilines is 1. The van der Waals surface area contributed by atoms with Gasteiger partial charge in [0.2, 0.25) is 0 Å². The summed E-state index contributed by atoms with van der Waals surface area (Å²) in [4.78, 5) is 31.8. The van der Waals surface area contributed by atoms with Crippen molar-refractivity contribution in [1.29, 1.82) is 0 Å². The number of carbonyl (C=O) groups is 2. The first-order valence-corrected chi connectivity index (χ1v) is 9.12. The summed E-state index contributed by atoms with van der Waals surface area (Å²) in [5, 5.41) is 0. The van der Waals surface area contributed by atoms with Gasteiger partial charge >= 0.3 is 6.03 Å². The van der Waals surface area contributed by atoms with Gasteiger partial charge in [0, 0.05) is 25.3 Å². The van der Waals surface area contributed by atoms with Crippen LogP contribution in [0.25, 0.3) is 0 Å². The Bertz CT molecular complexity index is 647. The van der Waals surface area contributed by atoms with E-state index in [1.165, 1.54) is 5.69 Å². The second kappa shape index (κ2) is 5.80. The van der Waals surface area contributed by atoms with Crippen LogP contribution in [-0.4, -0.2) is 53.0 Å². The van der Waals surface area contributed by atoms with Crippen LogP contribution in [0.5, 0.6) is 0 Å². The molecule has 0 N–H and O–H groups in total. The molecule has 0 saturated carbocycles. The van der Waals surface area contributed by atoms with Gasteiger partial charge in [-0.05, 0) is 37.8 Å². The number of imide groups is 1. The minimum absolute atomic E-state index is 0.00420. The summed E-state index contributed by atoms with van der Waals surface area (Å²) in [7, 11) is 0. The molecule has 3 aliphatic rings. The molecule has 0 aliphatic carbocycles. The van der Waals surface area contributed by atoms with Crippen LogP contribution < -0.4 is 4.90 Å². The number of nitrogens with zero attached hydrogens (tertiary/aromatic N) is 3. The van der Waals surface area contributed by atoms with Gasteiger partial charge in [-0.2, -0.15) is 0 Å². The van der Waals surface area contributed by atoms with E-state index in [9.17, 15) is 9.59 Å². The summed E-state index contributed by atoms with van der Waals surface area (Å²) < 4.78 is 0. The third kappa shape index (κ3) is 2.14. The molecular formula is C19H25N3O2. The molecule has 5 nitrogen and oxygen atoms in total. The van der Waals surface area contributed by atoms with Crippen molar-refractivity contribution in [3.63, 3.8) is 0 Å². The molecule has 4 rings (SSSR count). The van der Waals surface area contributed by atoms with E-state index in [1.54, 1.807) is 4.90 Å². The maximum Gasteiger partial charge on any atom is 0.327 e. The Morgan fingerprint density at radius 1 is 1.17 bits per heavy atom. The zero-order valence-electron chi connectivity index (χ0n) is 14.3. The highest BCUT2D eigenvalue weighted by atomic mass is 16.2.